The number of hydrogen-bond acceptors (Lipinski definition) is 5. The van der Waals surface area contributed by atoms with Crippen LogP contribution in [0.4, 0.5) is 11.6 Å². The highest BCUT2D eigenvalue weighted by Gasteiger charge is 2.45. The lowest BCUT2D eigenvalue weighted by Crippen LogP contribution is -2.54. The fraction of sp³-hybridized carbons (Fsp3) is 0.737. The maximum atomic E-state index is 12.3. The molecular weight excluding hydrogens is 314 g/mol. The Kier molecular flexibility index (Phi) is 4.29. The van der Waals surface area contributed by atoms with Crippen molar-refractivity contribution in [1.29, 1.82) is 0 Å². The molecule has 1 aromatic rings. The first kappa shape index (κ1) is 16.6. The van der Waals surface area contributed by atoms with Gasteiger partial charge in [-0.05, 0) is 39.0 Å². The summed E-state index contributed by atoms with van der Waals surface area (Å²) in [7, 11) is 2.06. The zero-order chi connectivity index (χ0) is 17.4. The molecule has 1 amide bonds. The molecule has 4 rings (SSSR count). The van der Waals surface area contributed by atoms with Crippen molar-refractivity contribution in [3.05, 3.63) is 12.4 Å². The standard InChI is InChI=1S/C19H29N5O/c1-3-22(2)16-11-17(21-14-20-16)23-10-4-8-19(12-23)9-7-18(25)24(13-19)15-5-6-15/h11,14-15H,3-10,12-13H2,1-2H3/t19-/m0/s1. The summed E-state index contributed by atoms with van der Waals surface area (Å²) >= 11 is 0. The molecule has 25 heavy (non-hydrogen) atoms. The van der Waals surface area contributed by atoms with Gasteiger partial charge in [0, 0.05) is 57.2 Å². The van der Waals surface area contributed by atoms with E-state index in [4.69, 9.17) is 0 Å². The third kappa shape index (κ3) is 3.31. The highest BCUT2D eigenvalue weighted by molar-refractivity contribution is 5.78. The number of carbonyl (C=O) groups is 1. The highest BCUT2D eigenvalue weighted by atomic mass is 16.2. The van der Waals surface area contributed by atoms with Gasteiger partial charge in [0.25, 0.3) is 0 Å². The summed E-state index contributed by atoms with van der Waals surface area (Å²) in [5.74, 6) is 2.38. The minimum atomic E-state index is 0.247. The number of amides is 1. The molecule has 0 radical (unpaired) electrons. The van der Waals surface area contributed by atoms with Crippen LogP contribution in [0.5, 0.6) is 0 Å². The van der Waals surface area contributed by atoms with E-state index in [-0.39, 0.29) is 5.41 Å². The van der Waals surface area contributed by atoms with Gasteiger partial charge in [0.1, 0.15) is 18.0 Å². The van der Waals surface area contributed by atoms with Crippen LogP contribution in [0.2, 0.25) is 0 Å². The third-order valence-corrected chi connectivity index (χ3v) is 6.17. The van der Waals surface area contributed by atoms with Gasteiger partial charge in [-0.15, -0.1) is 0 Å². The molecule has 0 unspecified atom stereocenters. The summed E-state index contributed by atoms with van der Waals surface area (Å²) in [6.45, 7) is 6.06. The van der Waals surface area contributed by atoms with Crippen molar-refractivity contribution in [2.45, 2.75) is 51.5 Å². The Hall–Kier alpha value is -1.85. The van der Waals surface area contributed by atoms with Crippen molar-refractivity contribution in [2.24, 2.45) is 5.41 Å². The SMILES string of the molecule is CCN(C)c1cc(N2CCC[C@]3(CCC(=O)N(C4CC4)C3)C2)ncn1. The first-order valence-electron chi connectivity index (χ1n) is 9.68. The largest absolute Gasteiger partial charge is 0.360 e. The molecule has 136 valence electrons. The van der Waals surface area contributed by atoms with Gasteiger partial charge in [-0.3, -0.25) is 4.79 Å². The molecule has 2 aliphatic heterocycles. The predicted octanol–water partition coefficient (Wildman–Crippen LogP) is 2.30. The van der Waals surface area contributed by atoms with Crippen LogP contribution in [0.25, 0.3) is 0 Å². The van der Waals surface area contributed by atoms with Crippen LogP contribution in [0.3, 0.4) is 0 Å². The second kappa shape index (κ2) is 6.46. The Morgan fingerprint density at radius 3 is 2.88 bits per heavy atom. The van der Waals surface area contributed by atoms with Gasteiger partial charge in [0.15, 0.2) is 0 Å². The Labute approximate surface area is 150 Å². The van der Waals surface area contributed by atoms with Gasteiger partial charge in [-0.25, -0.2) is 9.97 Å². The fourth-order valence-corrected chi connectivity index (χ4v) is 4.38. The topological polar surface area (TPSA) is 52.6 Å². The van der Waals surface area contributed by atoms with Crippen LogP contribution in [-0.2, 0) is 4.79 Å². The van der Waals surface area contributed by atoms with Crippen molar-refractivity contribution >= 4 is 17.5 Å². The van der Waals surface area contributed by atoms with Crippen molar-refractivity contribution in [2.75, 3.05) is 43.0 Å². The average molecular weight is 343 g/mol. The van der Waals surface area contributed by atoms with Gasteiger partial charge in [0.05, 0.1) is 0 Å². The second-order valence-electron chi connectivity index (χ2n) is 8.03. The third-order valence-electron chi connectivity index (χ3n) is 6.17. The van der Waals surface area contributed by atoms with Crippen LogP contribution in [-0.4, -0.2) is 60.0 Å². The maximum absolute atomic E-state index is 12.3. The van der Waals surface area contributed by atoms with E-state index in [1.54, 1.807) is 6.33 Å². The molecule has 0 bridgehead atoms. The number of aromatic nitrogens is 2. The average Bonchev–Trinajstić information content (AvgIpc) is 3.49. The molecule has 0 N–H and O–H groups in total. The number of carbonyl (C=O) groups excluding carboxylic acids is 1. The van der Waals surface area contributed by atoms with E-state index in [1.807, 2.05) is 0 Å². The van der Waals surface area contributed by atoms with Crippen LogP contribution < -0.4 is 9.80 Å². The molecule has 2 saturated heterocycles. The van der Waals surface area contributed by atoms with Crippen molar-refractivity contribution in [1.82, 2.24) is 14.9 Å². The maximum Gasteiger partial charge on any atom is 0.222 e. The Balaban J connectivity index is 1.52. The van der Waals surface area contributed by atoms with E-state index in [9.17, 15) is 4.79 Å². The number of piperidine rings is 2. The lowest BCUT2D eigenvalue weighted by molar-refractivity contribution is -0.138. The summed E-state index contributed by atoms with van der Waals surface area (Å²) in [5, 5.41) is 0. The van der Waals surface area contributed by atoms with Crippen LogP contribution in [0.15, 0.2) is 12.4 Å². The van der Waals surface area contributed by atoms with E-state index in [0.29, 0.717) is 11.9 Å². The zero-order valence-electron chi connectivity index (χ0n) is 15.4. The summed E-state index contributed by atoms with van der Waals surface area (Å²) in [6, 6.07) is 2.64. The highest BCUT2D eigenvalue weighted by Crippen LogP contribution is 2.43. The van der Waals surface area contributed by atoms with E-state index in [1.165, 1.54) is 25.7 Å². The predicted molar refractivity (Wildman–Crippen MR) is 98.8 cm³/mol. The molecule has 3 heterocycles. The molecule has 3 fully saturated rings. The summed E-state index contributed by atoms with van der Waals surface area (Å²) < 4.78 is 0. The Morgan fingerprint density at radius 2 is 2.12 bits per heavy atom. The van der Waals surface area contributed by atoms with Crippen molar-refractivity contribution in [3.63, 3.8) is 0 Å². The molecule has 1 aliphatic carbocycles. The molecule has 1 atom stereocenters. The Morgan fingerprint density at radius 1 is 1.28 bits per heavy atom. The number of anilines is 2. The molecule has 6 nitrogen and oxygen atoms in total. The number of nitrogens with zero attached hydrogens (tertiary/aromatic N) is 5. The smallest absolute Gasteiger partial charge is 0.222 e. The number of hydrogen-bond donors (Lipinski definition) is 0. The number of rotatable bonds is 4. The zero-order valence-corrected chi connectivity index (χ0v) is 15.4. The summed E-state index contributed by atoms with van der Waals surface area (Å²) in [6.07, 6.45) is 8.23. The molecule has 1 aromatic heterocycles. The van der Waals surface area contributed by atoms with Crippen LogP contribution in [0, 0.1) is 5.41 Å². The van der Waals surface area contributed by atoms with Crippen molar-refractivity contribution in [3.8, 4) is 0 Å². The van der Waals surface area contributed by atoms with E-state index in [2.05, 4.69) is 44.7 Å². The van der Waals surface area contributed by atoms with E-state index in [0.717, 1.165) is 50.7 Å². The minimum Gasteiger partial charge on any atom is -0.360 e. The molecule has 1 saturated carbocycles. The first-order chi connectivity index (χ1) is 12.1. The Bertz CT molecular complexity index is 646. The van der Waals surface area contributed by atoms with Crippen LogP contribution >= 0.6 is 0 Å². The summed E-state index contributed by atoms with van der Waals surface area (Å²) in [5.41, 5.74) is 0.247. The lowest BCUT2D eigenvalue weighted by Gasteiger charge is -2.48. The fourth-order valence-electron chi connectivity index (χ4n) is 4.38. The monoisotopic (exact) mass is 343 g/mol. The normalized spacial score (nSPS) is 27.0. The molecule has 1 spiro atoms. The second-order valence-corrected chi connectivity index (χ2v) is 8.03. The van der Waals surface area contributed by atoms with Crippen molar-refractivity contribution < 1.29 is 4.79 Å². The molecule has 3 aliphatic rings. The molecule has 6 heteroatoms. The van der Waals surface area contributed by atoms with Gasteiger partial charge in [-0.2, -0.15) is 0 Å². The van der Waals surface area contributed by atoms with Gasteiger partial charge < -0.3 is 14.7 Å². The minimum absolute atomic E-state index is 0.247. The van der Waals surface area contributed by atoms with E-state index >= 15 is 0 Å². The van der Waals surface area contributed by atoms with Gasteiger partial charge >= 0.3 is 0 Å². The lowest BCUT2D eigenvalue weighted by atomic mass is 9.73. The van der Waals surface area contributed by atoms with Crippen LogP contribution in [0.1, 0.15) is 45.4 Å². The van der Waals surface area contributed by atoms with Gasteiger partial charge in [0.2, 0.25) is 5.91 Å². The first-order valence-corrected chi connectivity index (χ1v) is 9.68. The molecule has 0 aromatic carbocycles. The number of likely N-dealkylation sites (tertiary alicyclic amines) is 1. The van der Waals surface area contributed by atoms with Gasteiger partial charge in [-0.1, -0.05) is 0 Å². The summed E-state index contributed by atoms with van der Waals surface area (Å²) in [4.78, 5) is 28.0. The quantitative estimate of drug-likeness (QED) is 0.840. The molecular formula is C19H29N5O. The van der Waals surface area contributed by atoms with E-state index < -0.39 is 0 Å².